The first-order chi connectivity index (χ1) is 7.79. The molecule has 0 radical (unpaired) electrons. The van der Waals surface area contributed by atoms with Crippen molar-refractivity contribution in [3.05, 3.63) is 0 Å². The van der Waals surface area contributed by atoms with Gasteiger partial charge >= 0.3 is 0 Å². The molecule has 0 aromatic carbocycles. The van der Waals surface area contributed by atoms with Crippen molar-refractivity contribution >= 4 is 5.91 Å². The number of nitrogens with one attached hydrogen (secondary N) is 1. The van der Waals surface area contributed by atoms with Crippen LogP contribution in [0.3, 0.4) is 0 Å². The van der Waals surface area contributed by atoms with Gasteiger partial charge in [-0.05, 0) is 38.1 Å². The number of hydrogen-bond acceptors (Lipinski definition) is 3. The maximum atomic E-state index is 12.0. The van der Waals surface area contributed by atoms with Crippen molar-refractivity contribution in [1.29, 1.82) is 0 Å². The zero-order valence-electron chi connectivity index (χ0n) is 9.82. The van der Waals surface area contributed by atoms with E-state index in [2.05, 4.69) is 5.32 Å². The third-order valence-corrected chi connectivity index (χ3v) is 3.81. The Kier molecular flexibility index (Phi) is 4.18. The average molecular weight is 226 g/mol. The van der Waals surface area contributed by atoms with Crippen LogP contribution in [0.5, 0.6) is 0 Å². The third kappa shape index (κ3) is 2.95. The second-order valence-electron chi connectivity index (χ2n) is 5.00. The van der Waals surface area contributed by atoms with Crippen LogP contribution in [-0.4, -0.2) is 48.2 Å². The first-order valence-corrected chi connectivity index (χ1v) is 6.41. The fraction of sp³-hybridized carbons (Fsp3) is 0.917. The summed E-state index contributed by atoms with van der Waals surface area (Å²) in [5.41, 5.74) is 0. The van der Waals surface area contributed by atoms with Gasteiger partial charge in [0.1, 0.15) is 0 Å². The van der Waals surface area contributed by atoms with Gasteiger partial charge in [-0.25, -0.2) is 0 Å². The predicted octanol–water partition coefficient (Wildman–Crippen LogP) is 0.359. The SMILES string of the molecule is O=C(CC1CCCN1)N1CCC(CO)CC1. The Morgan fingerprint density at radius 2 is 2.06 bits per heavy atom. The van der Waals surface area contributed by atoms with Crippen LogP contribution in [0.15, 0.2) is 0 Å². The lowest BCUT2D eigenvalue weighted by atomic mass is 9.97. The Hall–Kier alpha value is -0.610. The van der Waals surface area contributed by atoms with Crippen LogP contribution in [0.1, 0.15) is 32.1 Å². The van der Waals surface area contributed by atoms with Gasteiger partial charge < -0.3 is 15.3 Å². The minimum absolute atomic E-state index is 0.270. The van der Waals surface area contributed by atoms with Crippen molar-refractivity contribution < 1.29 is 9.90 Å². The smallest absolute Gasteiger partial charge is 0.224 e. The number of hydrogen-bond donors (Lipinski definition) is 2. The van der Waals surface area contributed by atoms with E-state index in [4.69, 9.17) is 5.11 Å². The van der Waals surface area contributed by atoms with E-state index in [0.29, 0.717) is 18.4 Å². The molecule has 92 valence electrons. The van der Waals surface area contributed by atoms with Crippen molar-refractivity contribution in [3.8, 4) is 0 Å². The summed E-state index contributed by atoms with van der Waals surface area (Å²) in [4.78, 5) is 13.9. The Bertz CT molecular complexity index is 231. The van der Waals surface area contributed by atoms with Crippen molar-refractivity contribution in [2.24, 2.45) is 5.92 Å². The number of likely N-dealkylation sites (tertiary alicyclic amines) is 1. The van der Waals surface area contributed by atoms with Crippen LogP contribution in [0, 0.1) is 5.92 Å². The summed E-state index contributed by atoms with van der Waals surface area (Å²) in [5, 5.41) is 12.4. The molecule has 0 aromatic heterocycles. The molecule has 2 N–H and O–H groups in total. The molecule has 1 atom stereocenters. The van der Waals surface area contributed by atoms with Gasteiger partial charge in [-0.2, -0.15) is 0 Å². The molecule has 2 saturated heterocycles. The topological polar surface area (TPSA) is 52.6 Å². The summed E-state index contributed by atoms with van der Waals surface area (Å²) < 4.78 is 0. The van der Waals surface area contributed by atoms with E-state index in [1.165, 1.54) is 6.42 Å². The predicted molar refractivity (Wildman–Crippen MR) is 62.0 cm³/mol. The van der Waals surface area contributed by atoms with Gasteiger partial charge in [0.2, 0.25) is 5.91 Å². The standard InChI is InChI=1S/C12H22N2O2/c15-9-10-3-6-14(7-4-10)12(16)8-11-2-1-5-13-11/h10-11,13,15H,1-9H2. The Morgan fingerprint density at radius 1 is 1.31 bits per heavy atom. The Morgan fingerprint density at radius 3 is 2.62 bits per heavy atom. The van der Waals surface area contributed by atoms with Crippen molar-refractivity contribution in [3.63, 3.8) is 0 Å². The molecule has 0 saturated carbocycles. The first kappa shape index (κ1) is 11.9. The molecule has 0 aliphatic carbocycles. The van der Waals surface area contributed by atoms with Crippen LogP contribution in [0.4, 0.5) is 0 Å². The van der Waals surface area contributed by atoms with Gasteiger partial charge in [0.15, 0.2) is 0 Å². The Balaban J connectivity index is 1.73. The largest absolute Gasteiger partial charge is 0.396 e. The van der Waals surface area contributed by atoms with E-state index >= 15 is 0 Å². The second kappa shape index (κ2) is 5.64. The van der Waals surface area contributed by atoms with E-state index in [-0.39, 0.29) is 12.5 Å². The molecular weight excluding hydrogens is 204 g/mol. The van der Waals surface area contributed by atoms with Gasteiger partial charge in [-0.1, -0.05) is 0 Å². The van der Waals surface area contributed by atoms with Crippen molar-refractivity contribution in [2.75, 3.05) is 26.2 Å². The highest BCUT2D eigenvalue weighted by Crippen LogP contribution is 2.18. The van der Waals surface area contributed by atoms with Gasteiger partial charge in [-0.3, -0.25) is 4.79 Å². The zero-order chi connectivity index (χ0) is 11.4. The molecule has 4 nitrogen and oxygen atoms in total. The molecule has 0 spiro atoms. The molecule has 2 fully saturated rings. The molecule has 2 aliphatic rings. The molecule has 4 heteroatoms. The normalized spacial score (nSPS) is 27.3. The molecule has 2 rings (SSSR count). The fourth-order valence-corrected chi connectivity index (χ4v) is 2.64. The molecule has 1 amide bonds. The number of aliphatic hydroxyl groups is 1. The molecule has 2 heterocycles. The van der Waals surface area contributed by atoms with Gasteiger partial charge in [0.25, 0.3) is 0 Å². The molecular formula is C12H22N2O2. The highest BCUT2D eigenvalue weighted by molar-refractivity contribution is 5.77. The van der Waals surface area contributed by atoms with E-state index < -0.39 is 0 Å². The minimum atomic E-state index is 0.270. The van der Waals surface area contributed by atoms with Crippen LogP contribution in [0.25, 0.3) is 0 Å². The summed E-state index contributed by atoms with van der Waals surface area (Å²) in [7, 11) is 0. The number of nitrogens with zero attached hydrogens (tertiary/aromatic N) is 1. The summed E-state index contributed by atoms with van der Waals surface area (Å²) in [6, 6.07) is 0.406. The van der Waals surface area contributed by atoms with Crippen LogP contribution >= 0.6 is 0 Å². The summed E-state index contributed by atoms with van der Waals surface area (Å²) in [5.74, 6) is 0.699. The summed E-state index contributed by atoms with van der Waals surface area (Å²) in [6.45, 7) is 2.99. The number of aliphatic hydroxyl groups excluding tert-OH is 1. The zero-order valence-corrected chi connectivity index (χ0v) is 9.82. The van der Waals surface area contributed by atoms with E-state index in [9.17, 15) is 4.79 Å². The highest BCUT2D eigenvalue weighted by Gasteiger charge is 2.25. The van der Waals surface area contributed by atoms with E-state index in [0.717, 1.165) is 38.9 Å². The quantitative estimate of drug-likeness (QED) is 0.730. The molecule has 2 aliphatic heterocycles. The highest BCUT2D eigenvalue weighted by atomic mass is 16.3. The summed E-state index contributed by atoms with van der Waals surface area (Å²) >= 11 is 0. The minimum Gasteiger partial charge on any atom is -0.396 e. The number of rotatable bonds is 3. The molecule has 0 aromatic rings. The van der Waals surface area contributed by atoms with Crippen LogP contribution < -0.4 is 5.32 Å². The number of carbonyl (C=O) groups excluding carboxylic acids is 1. The molecule has 1 unspecified atom stereocenters. The van der Waals surface area contributed by atoms with Crippen molar-refractivity contribution in [2.45, 2.75) is 38.1 Å². The fourth-order valence-electron chi connectivity index (χ4n) is 2.64. The number of amides is 1. The van der Waals surface area contributed by atoms with E-state index in [1.807, 2.05) is 4.90 Å². The lowest BCUT2D eigenvalue weighted by molar-refractivity contribution is -0.133. The maximum Gasteiger partial charge on any atom is 0.224 e. The van der Waals surface area contributed by atoms with Crippen LogP contribution in [-0.2, 0) is 4.79 Å². The third-order valence-electron chi connectivity index (χ3n) is 3.81. The van der Waals surface area contributed by atoms with E-state index in [1.54, 1.807) is 0 Å². The molecule has 16 heavy (non-hydrogen) atoms. The van der Waals surface area contributed by atoms with Gasteiger partial charge in [-0.15, -0.1) is 0 Å². The van der Waals surface area contributed by atoms with Gasteiger partial charge in [0.05, 0.1) is 0 Å². The number of carbonyl (C=O) groups is 1. The number of piperidine rings is 1. The second-order valence-corrected chi connectivity index (χ2v) is 5.00. The molecule has 0 bridgehead atoms. The average Bonchev–Trinajstić information content (AvgIpc) is 2.82. The maximum absolute atomic E-state index is 12.0. The van der Waals surface area contributed by atoms with Gasteiger partial charge in [0, 0.05) is 32.2 Å². The first-order valence-electron chi connectivity index (χ1n) is 6.41. The lowest BCUT2D eigenvalue weighted by Crippen LogP contribution is -2.41. The van der Waals surface area contributed by atoms with Crippen LogP contribution in [0.2, 0.25) is 0 Å². The van der Waals surface area contributed by atoms with Crippen molar-refractivity contribution in [1.82, 2.24) is 10.2 Å². The Labute approximate surface area is 97.0 Å². The lowest BCUT2D eigenvalue weighted by Gasteiger charge is -2.31. The monoisotopic (exact) mass is 226 g/mol. The summed E-state index contributed by atoms with van der Waals surface area (Å²) in [6.07, 6.45) is 4.91.